The number of hydrogen-bond acceptors (Lipinski definition) is 3. The monoisotopic (exact) mass is 701 g/mol. The molecule has 3 aromatic rings. The number of carboxylic acids is 1. The van der Waals surface area contributed by atoms with Crippen molar-refractivity contribution in [1.29, 1.82) is 0 Å². The van der Waals surface area contributed by atoms with Gasteiger partial charge in [0, 0.05) is 24.6 Å². The van der Waals surface area contributed by atoms with Crippen molar-refractivity contribution < 1.29 is 28.2 Å². The van der Waals surface area contributed by atoms with Crippen LogP contribution in [0.1, 0.15) is 22.3 Å². The van der Waals surface area contributed by atoms with Crippen LogP contribution in [-0.2, 0) is 29.2 Å². The molecule has 180 valence electrons. The van der Waals surface area contributed by atoms with Crippen LogP contribution in [0.15, 0.2) is 60.7 Å². The lowest BCUT2D eigenvalue weighted by atomic mass is 9.93. The number of rotatable bonds is 6. The van der Waals surface area contributed by atoms with Gasteiger partial charge in [-0.25, -0.2) is 13.6 Å². The third-order valence-electron chi connectivity index (χ3n) is 5.65. The van der Waals surface area contributed by atoms with E-state index in [-0.39, 0.29) is 25.4 Å². The number of ether oxygens (including phenoxy) is 1. The van der Waals surface area contributed by atoms with Gasteiger partial charge >= 0.3 is 5.97 Å². The number of hydrogen-bond donors (Lipinski definition) is 1. The molecule has 1 aliphatic heterocycles. The smallest absolute Gasteiger partial charge is 0.326 e. The summed E-state index contributed by atoms with van der Waals surface area (Å²) in [6, 6.07) is 12.9. The quantitative estimate of drug-likeness (QED) is 0.261. The Balaban J connectivity index is 1.61. The summed E-state index contributed by atoms with van der Waals surface area (Å²) >= 11 is 4.24. The molecule has 5 nitrogen and oxygen atoms in total. The minimum Gasteiger partial charge on any atom is -0.487 e. The van der Waals surface area contributed by atoms with E-state index in [1.165, 1.54) is 41.3 Å². The van der Waals surface area contributed by atoms with Gasteiger partial charge < -0.3 is 14.7 Å². The Kier molecular flexibility index (Phi) is 8.05. The first-order valence-corrected chi connectivity index (χ1v) is 12.7. The Labute approximate surface area is 228 Å². The molecule has 0 aromatic heterocycles. The molecular formula is C26H19F2I2NO4. The minimum atomic E-state index is -1.10. The molecule has 35 heavy (non-hydrogen) atoms. The fourth-order valence-corrected chi connectivity index (χ4v) is 6.14. The molecule has 9 heteroatoms. The van der Waals surface area contributed by atoms with E-state index in [1.807, 2.05) is 6.07 Å². The minimum absolute atomic E-state index is 0.0359. The summed E-state index contributed by atoms with van der Waals surface area (Å²) in [5, 5.41) is 9.80. The summed E-state index contributed by atoms with van der Waals surface area (Å²) in [5.74, 6) is -1.82. The number of amides is 1. The van der Waals surface area contributed by atoms with Crippen LogP contribution in [0.25, 0.3) is 6.08 Å². The maximum Gasteiger partial charge on any atom is 0.326 e. The van der Waals surface area contributed by atoms with E-state index in [0.29, 0.717) is 16.9 Å². The van der Waals surface area contributed by atoms with E-state index < -0.39 is 23.7 Å². The van der Waals surface area contributed by atoms with Gasteiger partial charge in [0.25, 0.3) is 0 Å². The molecule has 0 aliphatic carbocycles. The van der Waals surface area contributed by atoms with Crippen LogP contribution in [0.3, 0.4) is 0 Å². The van der Waals surface area contributed by atoms with Gasteiger partial charge in [-0.05, 0) is 92.2 Å². The van der Waals surface area contributed by atoms with E-state index in [1.54, 1.807) is 24.3 Å². The standard InChI is InChI=1S/C26H19F2I2NO4/c27-18-6-3-4-15(10-18)8-9-23(32)31-13-19-17(12-22(31)26(33)34)11-21(29)25(24(19)30)35-14-16-5-1-2-7-20(16)28/h1-11,22H,12-14H2,(H,33,34)/b9-8+/t22-/m0/s1. The average Bonchev–Trinajstić information content (AvgIpc) is 2.82. The predicted octanol–water partition coefficient (Wildman–Crippen LogP) is 5.80. The van der Waals surface area contributed by atoms with E-state index in [2.05, 4.69) is 45.2 Å². The number of carboxylic acid groups (broad SMARTS) is 1. The second-order valence-electron chi connectivity index (χ2n) is 7.93. The third kappa shape index (κ3) is 5.83. The molecular weight excluding hydrogens is 682 g/mol. The summed E-state index contributed by atoms with van der Waals surface area (Å²) in [5.41, 5.74) is 2.53. The van der Waals surface area contributed by atoms with E-state index in [0.717, 1.165) is 18.3 Å². The molecule has 0 saturated carbocycles. The normalized spacial score (nSPS) is 15.2. The molecule has 4 rings (SSSR count). The first-order chi connectivity index (χ1) is 16.7. The Morgan fingerprint density at radius 2 is 1.89 bits per heavy atom. The average molecular weight is 701 g/mol. The first kappa shape index (κ1) is 25.5. The van der Waals surface area contributed by atoms with Crippen LogP contribution in [0.4, 0.5) is 8.78 Å². The van der Waals surface area contributed by atoms with Crippen LogP contribution in [0.5, 0.6) is 5.75 Å². The van der Waals surface area contributed by atoms with Gasteiger partial charge in [0.15, 0.2) is 0 Å². The van der Waals surface area contributed by atoms with Crippen LogP contribution in [0.2, 0.25) is 0 Å². The van der Waals surface area contributed by atoms with Crippen molar-refractivity contribution in [2.75, 3.05) is 0 Å². The summed E-state index contributed by atoms with van der Waals surface area (Å²) in [6.07, 6.45) is 2.86. The highest BCUT2D eigenvalue weighted by Crippen LogP contribution is 2.37. The van der Waals surface area contributed by atoms with Crippen molar-refractivity contribution in [1.82, 2.24) is 4.90 Å². The SMILES string of the molecule is O=C(O)[C@@H]1Cc2cc(I)c(OCc3ccccc3F)c(I)c2CN1C(=O)/C=C/c1cccc(F)c1. The molecule has 1 atom stereocenters. The molecule has 0 unspecified atom stereocenters. The van der Waals surface area contributed by atoms with Crippen molar-refractivity contribution in [3.8, 4) is 5.75 Å². The van der Waals surface area contributed by atoms with Crippen molar-refractivity contribution >= 4 is 63.1 Å². The molecule has 1 aliphatic rings. The zero-order valence-electron chi connectivity index (χ0n) is 18.2. The van der Waals surface area contributed by atoms with Gasteiger partial charge in [-0.3, -0.25) is 4.79 Å². The van der Waals surface area contributed by atoms with Gasteiger partial charge in [0.05, 0.1) is 7.14 Å². The summed E-state index contributed by atoms with van der Waals surface area (Å²) < 4.78 is 35.0. The van der Waals surface area contributed by atoms with E-state index in [9.17, 15) is 23.5 Å². The second kappa shape index (κ2) is 11.0. The lowest BCUT2D eigenvalue weighted by molar-refractivity contribution is -0.149. The largest absolute Gasteiger partial charge is 0.487 e. The Morgan fingerprint density at radius 1 is 1.11 bits per heavy atom. The third-order valence-corrected chi connectivity index (χ3v) is 7.60. The second-order valence-corrected chi connectivity index (χ2v) is 10.2. The van der Waals surface area contributed by atoms with Gasteiger partial charge in [-0.1, -0.05) is 30.3 Å². The number of halogens is 4. The van der Waals surface area contributed by atoms with Crippen molar-refractivity contribution in [2.45, 2.75) is 25.6 Å². The summed E-state index contributed by atoms with van der Waals surface area (Å²) in [6.45, 7) is 0.109. The van der Waals surface area contributed by atoms with Crippen molar-refractivity contribution in [3.05, 3.63) is 102 Å². The molecule has 0 saturated heterocycles. The Hall–Kier alpha value is -2.54. The number of carbonyl (C=O) groups is 2. The molecule has 1 amide bonds. The van der Waals surface area contributed by atoms with E-state index >= 15 is 0 Å². The van der Waals surface area contributed by atoms with Crippen LogP contribution in [0, 0.1) is 18.8 Å². The number of fused-ring (bicyclic) bond motifs is 1. The lowest BCUT2D eigenvalue weighted by Gasteiger charge is -2.35. The fourth-order valence-electron chi connectivity index (χ4n) is 3.86. The number of carbonyl (C=O) groups excluding carboxylic acids is 1. The zero-order valence-corrected chi connectivity index (χ0v) is 22.5. The predicted molar refractivity (Wildman–Crippen MR) is 144 cm³/mol. The highest BCUT2D eigenvalue weighted by atomic mass is 127. The maximum absolute atomic E-state index is 14.0. The van der Waals surface area contributed by atoms with Crippen molar-refractivity contribution in [3.63, 3.8) is 0 Å². The van der Waals surface area contributed by atoms with E-state index in [4.69, 9.17) is 4.74 Å². The van der Waals surface area contributed by atoms with Gasteiger partial charge in [0.2, 0.25) is 5.91 Å². The Morgan fingerprint density at radius 3 is 2.60 bits per heavy atom. The summed E-state index contributed by atoms with van der Waals surface area (Å²) in [7, 11) is 0. The maximum atomic E-state index is 14.0. The topological polar surface area (TPSA) is 66.8 Å². The number of aliphatic carboxylic acids is 1. The molecule has 0 spiro atoms. The highest BCUT2D eigenvalue weighted by Gasteiger charge is 2.35. The Bertz CT molecular complexity index is 1330. The first-order valence-electron chi connectivity index (χ1n) is 10.6. The number of benzene rings is 3. The zero-order chi connectivity index (χ0) is 25.1. The molecule has 1 N–H and O–H groups in total. The summed E-state index contributed by atoms with van der Waals surface area (Å²) in [4.78, 5) is 26.3. The molecule has 0 bridgehead atoms. The van der Waals surface area contributed by atoms with Crippen LogP contribution >= 0.6 is 45.2 Å². The molecule has 3 aromatic carbocycles. The molecule has 1 heterocycles. The fraction of sp³-hybridized carbons (Fsp3) is 0.154. The molecule has 0 radical (unpaired) electrons. The van der Waals surface area contributed by atoms with Crippen molar-refractivity contribution in [2.24, 2.45) is 0 Å². The molecule has 0 fully saturated rings. The van der Waals surface area contributed by atoms with Crippen LogP contribution < -0.4 is 4.74 Å². The highest BCUT2D eigenvalue weighted by molar-refractivity contribution is 14.1. The van der Waals surface area contributed by atoms with Crippen LogP contribution in [-0.4, -0.2) is 27.9 Å². The number of nitrogens with zero attached hydrogens (tertiary/aromatic N) is 1. The lowest BCUT2D eigenvalue weighted by Crippen LogP contribution is -2.48. The van der Waals surface area contributed by atoms with Gasteiger partial charge in [-0.2, -0.15) is 0 Å². The van der Waals surface area contributed by atoms with Gasteiger partial charge in [0.1, 0.15) is 30.0 Å². The van der Waals surface area contributed by atoms with Gasteiger partial charge in [-0.15, -0.1) is 0 Å².